The third-order valence-electron chi connectivity index (χ3n) is 0.724. The normalized spacial score (nSPS) is 27.6. The van der Waals surface area contributed by atoms with Crippen LogP contribution in [0.5, 0.6) is 0 Å². The van der Waals surface area contributed by atoms with E-state index in [1.165, 1.54) is 0 Å². The zero-order valence-corrected chi connectivity index (χ0v) is 3.68. The molecule has 0 aromatic rings. The van der Waals surface area contributed by atoms with Gasteiger partial charge in [-0.15, -0.1) is 0 Å². The molecule has 0 saturated carbocycles. The maximum atomic E-state index is 8.13. The lowest BCUT2D eigenvalue weighted by atomic mass is 10.4. The Balaban J connectivity index is 2.47. The second kappa shape index (κ2) is 1.71. The van der Waals surface area contributed by atoms with E-state index in [9.17, 15) is 0 Å². The summed E-state index contributed by atoms with van der Waals surface area (Å²) in [5.41, 5.74) is 0. The van der Waals surface area contributed by atoms with Gasteiger partial charge in [0.15, 0.2) is 0 Å². The molecule has 0 bridgehead atoms. The molecule has 0 spiro atoms. The second-order valence-electron chi connectivity index (χ2n) is 1.21. The quantitative estimate of drug-likeness (QED) is 0.435. The highest BCUT2D eigenvalue weighted by molar-refractivity contribution is 5.69. The zero-order valence-electron chi connectivity index (χ0n) is 3.68. The van der Waals surface area contributed by atoms with Crippen molar-refractivity contribution in [2.75, 3.05) is 6.67 Å². The van der Waals surface area contributed by atoms with Crippen LogP contribution in [0, 0.1) is 11.3 Å². The van der Waals surface area contributed by atoms with Crippen molar-refractivity contribution in [1.82, 2.24) is 5.32 Å². The van der Waals surface area contributed by atoms with Crippen molar-refractivity contribution in [2.24, 2.45) is 4.99 Å². The fraction of sp³-hybridized carbons (Fsp3) is 0.500. The minimum Gasteiger partial charge on any atom is -0.278 e. The molecule has 1 radical (unpaired) electrons. The third-order valence-corrected chi connectivity index (χ3v) is 0.724. The van der Waals surface area contributed by atoms with E-state index in [0.29, 0.717) is 6.67 Å². The van der Waals surface area contributed by atoms with Crippen LogP contribution >= 0.6 is 0 Å². The van der Waals surface area contributed by atoms with Crippen LogP contribution in [0.15, 0.2) is 4.99 Å². The Morgan fingerprint density at radius 3 is 3.14 bits per heavy atom. The van der Waals surface area contributed by atoms with Gasteiger partial charge in [-0.2, -0.15) is 5.26 Å². The molecule has 0 aliphatic carbocycles. The van der Waals surface area contributed by atoms with Gasteiger partial charge in [-0.25, -0.2) is 0 Å². The smallest absolute Gasteiger partial charge is 0.141 e. The fourth-order valence-electron chi connectivity index (χ4n) is 0.394. The molecule has 0 amide bonds. The van der Waals surface area contributed by atoms with E-state index in [2.05, 4.69) is 16.5 Å². The summed E-state index contributed by atoms with van der Waals surface area (Å²) in [6.45, 7) is 0.540. The Labute approximate surface area is 41.7 Å². The molecule has 1 aliphatic heterocycles. The van der Waals surface area contributed by atoms with Gasteiger partial charge < -0.3 is 0 Å². The molecular weight excluding hydrogens is 90.1 g/mol. The number of hydrogen-bond donors (Lipinski definition) is 1. The van der Waals surface area contributed by atoms with Gasteiger partial charge in [0.25, 0.3) is 0 Å². The number of nitrogens with zero attached hydrogens (tertiary/aromatic N) is 2. The summed E-state index contributed by atoms with van der Waals surface area (Å²) >= 11 is 0. The predicted octanol–water partition coefficient (Wildman–Crippen LogP) is -0.613. The van der Waals surface area contributed by atoms with Gasteiger partial charge in [-0.05, 0) is 0 Å². The van der Waals surface area contributed by atoms with Crippen molar-refractivity contribution in [2.45, 2.75) is 6.04 Å². The largest absolute Gasteiger partial charge is 0.278 e. The van der Waals surface area contributed by atoms with Gasteiger partial charge >= 0.3 is 0 Å². The maximum absolute atomic E-state index is 8.13. The van der Waals surface area contributed by atoms with Crippen molar-refractivity contribution in [1.29, 1.82) is 5.26 Å². The molecule has 3 nitrogen and oxygen atoms in total. The maximum Gasteiger partial charge on any atom is 0.141 e. The summed E-state index contributed by atoms with van der Waals surface area (Å²) in [7, 11) is 0. The van der Waals surface area contributed by atoms with Gasteiger partial charge in [-0.1, -0.05) is 0 Å². The molecule has 1 atom stereocenters. The molecule has 1 rings (SSSR count). The molecule has 0 saturated heterocycles. The average molecular weight is 94.1 g/mol. The summed E-state index contributed by atoms with van der Waals surface area (Å²) in [4.78, 5) is 3.65. The van der Waals surface area contributed by atoms with E-state index < -0.39 is 0 Å². The highest BCUT2D eigenvalue weighted by Gasteiger charge is 2.05. The summed E-state index contributed by atoms with van der Waals surface area (Å²) in [6, 6.07) is 1.68. The lowest BCUT2D eigenvalue weighted by Crippen LogP contribution is -2.21. The van der Waals surface area contributed by atoms with Gasteiger partial charge in [0.1, 0.15) is 6.04 Å². The van der Waals surface area contributed by atoms with E-state index >= 15 is 0 Å². The Hall–Kier alpha value is -0.880. The molecule has 1 heterocycles. The molecule has 3 heteroatoms. The van der Waals surface area contributed by atoms with Crippen molar-refractivity contribution < 1.29 is 0 Å². The molecule has 0 fully saturated rings. The molecule has 1 unspecified atom stereocenters. The van der Waals surface area contributed by atoms with E-state index in [1.807, 2.05) is 6.07 Å². The zero-order chi connectivity index (χ0) is 5.11. The highest BCUT2D eigenvalue weighted by atomic mass is 15.1. The highest BCUT2D eigenvalue weighted by Crippen LogP contribution is 1.82. The lowest BCUT2D eigenvalue weighted by molar-refractivity contribution is 0.781. The molecule has 0 aromatic heterocycles. The van der Waals surface area contributed by atoms with E-state index in [1.54, 1.807) is 0 Å². The molecule has 1 N–H and O–H groups in total. The first-order valence-corrected chi connectivity index (χ1v) is 1.98. The molecule has 35 valence electrons. The van der Waals surface area contributed by atoms with Crippen molar-refractivity contribution in [3.63, 3.8) is 0 Å². The first-order chi connectivity index (χ1) is 3.43. The first kappa shape index (κ1) is 4.28. The SMILES string of the molecule is N#CC1[C]=NCN1. The van der Waals surface area contributed by atoms with Crippen molar-refractivity contribution in [3.8, 4) is 6.07 Å². The first-order valence-electron chi connectivity index (χ1n) is 1.98. The average Bonchev–Trinajstić information content (AvgIpc) is 2.14. The van der Waals surface area contributed by atoms with Gasteiger partial charge in [-0.3, -0.25) is 10.3 Å². The van der Waals surface area contributed by atoms with Crippen molar-refractivity contribution >= 4 is 6.21 Å². The molecular formula is C4H4N3. The number of nitriles is 1. The number of aliphatic imine (C=N–C) groups is 1. The van der Waals surface area contributed by atoms with Crippen LogP contribution in [-0.4, -0.2) is 18.9 Å². The van der Waals surface area contributed by atoms with Gasteiger partial charge in [0, 0.05) is 0 Å². The van der Waals surface area contributed by atoms with Gasteiger partial charge in [0.2, 0.25) is 0 Å². The second-order valence-corrected chi connectivity index (χ2v) is 1.21. The number of hydrogen-bond acceptors (Lipinski definition) is 3. The fourth-order valence-corrected chi connectivity index (χ4v) is 0.394. The molecule has 1 aliphatic rings. The number of rotatable bonds is 0. The van der Waals surface area contributed by atoms with Crippen molar-refractivity contribution in [3.05, 3.63) is 0 Å². The van der Waals surface area contributed by atoms with Gasteiger partial charge in [0.05, 0.1) is 19.0 Å². The van der Waals surface area contributed by atoms with Crippen LogP contribution in [0.2, 0.25) is 0 Å². The van der Waals surface area contributed by atoms with Crippen LogP contribution in [0.25, 0.3) is 0 Å². The monoisotopic (exact) mass is 94.0 g/mol. The third kappa shape index (κ3) is 0.756. The predicted molar refractivity (Wildman–Crippen MR) is 24.8 cm³/mol. The van der Waals surface area contributed by atoms with Crippen LogP contribution < -0.4 is 5.32 Å². The molecule has 7 heavy (non-hydrogen) atoms. The van der Waals surface area contributed by atoms with Crippen LogP contribution in [-0.2, 0) is 0 Å². The Morgan fingerprint density at radius 2 is 2.86 bits per heavy atom. The topological polar surface area (TPSA) is 48.2 Å². The number of nitrogens with one attached hydrogen (secondary N) is 1. The summed E-state index contributed by atoms with van der Waals surface area (Å²) in [5.74, 6) is 0. The van der Waals surface area contributed by atoms with E-state index in [4.69, 9.17) is 5.26 Å². The standard InChI is InChI=1S/C4H4N3/c5-1-4-2-6-3-7-4/h4,7H,3H2. The summed E-state index contributed by atoms with van der Waals surface area (Å²) < 4.78 is 0. The summed E-state index contributed by atoms with van der Waals surface area (Å²) in [6.07, 6.45) is 2.56. The Kier molecular flexibility index (Phi) is 1.05. The van der Waals surface area contributed by atoms with E-state index in [0.717, 1.165) is 0 Å². The minimum atomic E-state index is -0.264. The Bertz CT molecular complexity index is 121. The van der Waals surface area contributed by atoms with E-state index in [-0.39, 0.29) is 6.04 Å². The lowest BCUT2D eigenvalue weighted by Gasteiger charge is -1.87. The Morgan fingerprint density at radius 1 is 2.00 bits per heavy atom. The minimum absolute atomic E-state index is 0.264. The van der Waals surface area contributed by atoms with Crippen LogP contribution in [0.4, 0.5) is 0 Å². The van der Waals surface area contributed by atoms with Crippen LogP contribution in [0.1, 0.15) is 0 Å². The molecule has 0 aromatic carbocycles. The van der Waals surface area contributed by atoms with Crippen LogP contribution in [0.3, 0.4) is 0 Å². The summed E-state index contributed by atoms with van der Waals surface area (Å²) in [5, 5.41) is 10.9.